The molecule has 0 bridgehead atoms. The molecule has 274 valence electrons. The van der Waals surface area contributed by atoms with Crippen molar-refractivity contribution in [1.82, 2.24) is 29.9 Å². The summed E-state index contributed by atoms with van der Waals surface area (Å²) in [6.45, 7) is 0. The van der Waals surface area contributed by atoms with Crippen LogP contribution in [0.25, 0.3) is 123 Å². The third-order valence-corrected chi connectivity index (χ3v) is 11.1. The van der Waals surface area contributed by atoms with Crippen molar-refractivity contribution >= 4 is 32.7 Å². The summed E-state index contributed by atoms with van der Waals surface area (Å²) in [6.07, 6.45) is 0. The van der Waals surface area contributed by atoms with Gasteiger partial charge in [-0.2, -0.15) is 0 Å². The first-order valence-electron chi connectivity index (χ1n) is 19.5. The Morgan fingerprint density at radius 3 is 1.15 bits per heavy atom. The monoisotopic (exact) mass is 754 g/mol. The lowest BCUT2D eigenvalue weighted by Crippen LogP contribution is -2.04. The number of hydrogen-bond donors (Lipinski definition) is 0. The molecule has 3 aromatic heterocycles. The molecule has 12 rings (SSSR count). The minimum absolute atomic E-state index is 0.514. The number of fused-ring (bicyclic) bond motifs is 6. The van der Waals surface area contributed by atoms with Crippen LogP contribution in [0.3, 0.4) is 0 Å². The van der Waals surface area contributed by atoms with Crippen molar-refractivity contribution in [1.29, 1.82) is 0 Å². The Labute approximate surface area is 338 Å². The summed E-state index contributed by atoms with van der Waals surface area (Å²) >= 11 is 0. The normalized spacial score (nSPS) is 11.7. The van der Waals surface area contributed by atoms with Gasteiger partial charge < -0.3 is 4.42 Å². The maximum Gasteiger partial charge on any atom is 0.168 e. The Bertz CT molecular complexity index is 3300. The third-order valence-electron chi connectivity index (χ3n) is 11.1. The zero-order valence-electron chi connectivity index (χ0n) is 31.4. The first kappa shape index (κ1) is 33.0. The minimum Gasteiger partial charge on any atom is -0.455 e. The predicted octanol–water partition coefficient (Wildman–Crippen LogP) is 12.8. The second kappa shape index (κ2) is 13.2. The highest BCUT2D eigenvalue weighted by Gasteiger charge is 2.35. The van der Waals surface area contributed by atoms with E-state index in [0.29, 0.717) is 40.5 Å². The van der Waals surface area contributed by atoms with E-state index in [-0.39, 0.29) is 0 Å². The van der Waals surface area contributed by atoms with Crippen molar-refractivity contribution in [3.05, 3.63) is 182 Å². The molecule has 0 unspecified atom stereocenters. The Morgan fingerprint density at radius 1 is 0.288 bits per heavy atom. The average molecular weight is 755 g/mol. The van der Waals surface area contributed by atoms with Gasteiger partial charge in [-0.25, -0.2) is 29.9 Å². The molecule has 11 aromatic rings. The van der Waals surface area contributed by atoms with Crippen LogP contribution in [0.15, 0.2) is 186 Å². The van der Waals surface area contributed by atoms with Crippen molar-refractivity contribution in [2.45, 2.75) is 0 Å². The lowest BCUT2D eigenvalue weighted by Gasteiger charge is -2.17. The number of aromatic nitrogens is 6. The van der Waals surface area contributed by atoms with Gasteiger partial charge in [0.1, 0.15) is 11.2 Å². The van der Waals surface area contributed by atoms with E-state index in [1.165, 1.54) is 0 Å². The van der Waals surface area contributed by atoms with Crippen molar-refractivity contribution < 1.29 is 4.42 Å². The molecule has 0 radical (unpaired) electrons. The summed E-state index contributed by atoms with van der Waals surface area (Å²) in [7, 11) is 0. The number of benzene rings is 8. The molecule has 1 aliphatic rings. The summed E-state index contributed by atoms with van der Waals surface area (Å²) in [5, 5.41) is 4.09. The molecular weight excluding hydrogens is 725 g/mol. The van der Waals surface area contributed by atoms with Crippen LogP contribution in [-0.4, -0.2) is 29.9 Å². The van der Waals surface area contributed by atoms with E-state index in [4.69, 9.17) is 34.3 Å². The number of para-hydroxylation sites is 1. The Morgan fingerprint density at radius 2 is 0.678 bits per heavy atom. The smallest absolute Gasteiger partial charge is 0.168 e. The van der Waals surface area contributed by atoms with Gasteiger partial charge in [0.05, 0.1) is 5.56 Å². The van der Waals surface area contributed by atoms with Gasteiger partial charge in [0.2, 0.25) is 0 Å². The van der Waals surface area contributed by atoms with Crippen molar-refractivity contribution in [3.63, 3.8) is 0 Å². The molecule has 8 aromatic carbocycles. The molecule has 0 saturated carbocycles. The fourth-order valence-electron chi connectivity index (χ4n) is 8.53. The molecule has 7 nitrogen and oxygen atoms in total. The van der Waals surface area contributed by atoms with E-state index in [1.54, 1.807) is 0 Å². The van der Waals surface area contributed by atoms with Gasteiger partial charge in [-0.15, -0.1) is 0 Å². The van der Waals surface area contributed by atoms with Gasteiger partial charge in [0.25, 0.3) is 0 Å². The molecule has 0 spiro atoms. The van der Waals surface area contributed by atoms with Crippen LogP contribution in [0.5, 0.6) is 0 Å². The van der Waals surface area contributed by atoms with E-state index >= 15 is 0 Å². The zero-order chi connectivity index (χ0) is 38.9. The largest absolute Gasteiger partial charge is 0.455 e. The van der Waals surface area contributed by atoms with Crippen molar-refractivity contribution in [3.8, 4) is 90.6 Å². The Hall–Kier alpha value is -8.16. The van der Waals surface area contributed by atoms with Gasteiger partial charge in [0, 0.05) is 49.7 Å². The van der Waals surface area contributed by atoms with E-state index < -0.39 is 0 Å². The fraction of sp³-hybridized carbons (Fsp3) is 0. The molecule has 0 N–H and O–H groups in total. The summed E-state index contributed by atoms with van der Waals surface area (Å²) in [4.78, 5) is 31.4. The van der Waals surface area contributed by atoms with Crippen molar-refractivity contribution in [2.24, 2.45) is 0 Å². The average Bonchev–Trinajstić information content (AvgIpc) is 3.86. The van der Waals surface area contributed by atoms with Gasteiger partial charge in [-0.05, 0) is 28.0 Å². The molecule has 59 heavy (non-hydrogen) atoms. The second-order valence-corrected chi connectivity index (χ2v) is 14.6. The quantitative estimate of drug-likeness (QED) is 0.167. The topological polar surface area (TPSA) is 90.5 Å². The van der Waals surface area contributed by atoms with Crippen LogP contribution < -0.4 is 0 Å². The third kappa shape index (κ3) is 5.29. The minimum atomic E-state index is 0.514. The van der Waals surface area contributed by atoms with Crippen LogP contribution in [0.4, 0.5) is 0 Å². The van der Waals surface area contributed by atoms with E-state index in [0.717, 1.165) is 82.8 Å². The predicted molar refractivity (Wildman–Crippen MR) is 235 cm³/mol. The summed E-state index contributed by atoms with van der Waals surface area (Å²) in [5.74, 6) is 3.37. The van der Waals surface area contributed by atoms with Crippen LogP contribution in [0.1, 0.15) is 0 Å². The van der Waals surface area contributed by atoms with Crippen LogP contribution in [0.2, 0.25) is 0 Å². The molecule has 0 aliphatic heterocycles. The van der Waals surface area contributed by atoms with Gasteiger partial charge >= 0.3 is 0 Å². The van der Waals surface area contributed by atoms with Crippen LogP contribution in [-0.2, 0) is 0 Å². The van der Waals surface area contributed by atoms with E-state index in [2.05, 4.69) is 42.5 Å². The molecule has 0 saturated heterocycles. The number of hydrogen-bond acceptors (Lipinski definition) is 7. The molecular formula is C52H30N6O. The molecule has 0 amide bonds. The molecule has 7 heteroatoms. The van der Waals surface area contributed by atoms with E-state index in [1.807, 2.05) is 140 Å². The molecule has 1 aliphatic carbocycles. The molecule has 0 atom stereocenters. The standard InChI is InChI=1S/C52H30N6O/c1-5-17-32(18-6-1)47-53-48(33-19-7-2-8-20-33)56-51(55-47)44-41-37-28-15-25-31-26-16-29-38(40(31)37)42(41)45(46-43(44)36-27-13-14-30-39(36)59-46)52-57-49(34-21-9-3-10-22-34)54-50(58-52)35-23-11-4-12-24-35/h1-30H. The maximum absolute atomic E-state index is 7.07. The highest BCUT2D eigenvalue weighted by atomic mass is 16.3. The number of nitrogens with zero attached hydrogens (tertiary/aromatic N) is 6. The van der Waals surface area contributed by atoms with Gasteiger partial charge in [0.15, 0.2) is 34.9 Å². The second-order valence-electron chi connectivity index (χ2n) is 14.6. The van der Waals surface area contributed by atoms with Crippen molar-refractivity contribution in [2.75, 3.05) is 0 Å². The summed E-state index contributed by atoms with van der Waals surface area (Å²) in [5.41, 5.74) is 10.7. The first-order valence-corrected chi connectivity index (χ1v) is 19.5. The van der Waals surface area contributed by atoms with E-state index in [9.17, 15) is 0 Å². The molecule has 3 heterocycles. The first-order chi connectivity index (χ1) is 29.3. The Balaban J connectivity index is 1.27. The maximum atomic E-state index is 7.07. The lowest BCUT2D eigenvalue weighted by molar-refractivity contribution is 0.669. The van der Waals surface area contributed by atoms with Gasteiger partial charge in [-0.1, -0.05) is 176 Å². The highest BCUT2D eigenvalue weighted by Crippen LogP contribution is 2.58. The van der Waals surface area contributed by atoms with Crippen LogP contribution >= 0.6 is 0 Å². The fourth-order valence-corrected chi connectivity index (χ4v) is 8.53. The summed E-state index contributed by atoms with van der Waals surface area (Å²) in [6, 6.07) is 61.5. The van der Waals surface area contributed by atoms with Crippen LogP contribution in [0, 0.1) is 0 Å². The number of furan rings is 1. The zero-order valence-corrected chi connectivity index (χ0v) is 31.4. The van der Waals surface area contributed by atoms with Gasteiger partial charge in [-0.3, -0.25) is 0 Å². The Kier molecular flexibility index (Phi) is 7.40. The lowest BCUT2D eigenvalue weighted by atomic mass is 9.88. The summed E-state index contributed by atoms with van der Waals surface area (Å²) < 4.78 is 7.07. The highest BCUT2D eigenvalue weighted by molar-refractivity contribution is 6.29. The molecule has 0 fully saturated rings. The SMILES string of the molecule is c1ccc(-c2nc(-c3ccccc3)nc(-c3c4c(c(-c5nc(-c6ccccc6)nc(-c6ccccc6)n5)c5c3oc3ccccc35)-c3cccc5cccc-4c35)n2)cc1. The number of rotatable bonds is 6.